The summed E-state index contributed by atoms with van der Waals surface area (Å²) in [4.78, 5) is 7.14. The van der Waals surface area contributed by atoms with Crippen LogP contribution in [-0.2, 0) is 6.42 Å². The number of hydrogen-bond donors (Lipinski definition) is 2. The first-order valence-corrected chi connectivity index (χ1v) is 7.26. The third-order valence-electron chi connectivity index (χ3n) is 3.73. The highest BCUT2D eigenvalue weighted by Crippen LogP contribution is 2.26. The predicted octanol–water partition coefficient (Wildman–Crippen LogP) is 1.57. The van der Waals surface area contributed by atoms with Crippen LogP contribution in [0.25, 0.3) is 10.9 Å². The van der Waals surface area contributed by atoms with Crippen LogP contribution in [0.1, 0.15) is 12.6 Å². The van der Waals surface area contributed by atoms with E-state index >= 15 is 0 Å². The van der Waals surface area contributed by atoms with Gasteiger partial charge in [-0.3, -0.25) is 4.98 Å². The van der Waals surface area contributed by atoms with Crippen molar-refractivity contribution in [2.45, 2.75) is 19.4 Å². The maximum Gasteiger partial charge on any atom is 0.0706 e. The van der Waals surface area contributed by atoms with Gasteiger partial charge in [-0.25, -0.2) is 0 Å². The Kier molecular flexibility index (Phi) is 3.85. The molecule has 20 heavy (non-hydrogen) atoms. The topological polar surface area (TPSA) is 48.4 Å². The highest BCUT2D eigenvalue weighted by Gasteiger charge is 2.17. The molecule has 1 fully saturated rings. The van der Waals surface area contributed by atoms with Gasteiger partial charge in [-0.1, -0.05) is 18.2 Å². The van der Waals surface area contributed by atoms with Gasteiger partial charge in [0.1, 0.15) is 0 Å². The number of pyridine rings is 1. The fourth-order valence-corrected chi connectivity index (χ4v) is 2.75. The van der Waals surface area contributed by atoms with E-state index in [1.54, 1.807) is 0 Å². The maximum absolute atomic E-state index is 9.73. The first-order valence-electron chi connectivity index (χ1n) is 7.26. The van der Waals surface area contributed by atoms with Gasteiger partial charge in [0, 0.05) is 38.0 Å². The average molecular weight is 271 g/mol. The standard InChI is InChI=1S/C16H21N3O/c1-12(20)10-15-16(19-8-6-17-7-9-19)11-13-4-2-3-5-14(13)18-15/h2-5,11-12,17,20H,6-10H2,1H3. The molecule has 4 heteroatoms. The fraction of sp³-hybridized carbons (Fsp3) is 0.438. The minimum Gasteiger partial charge on any atom is -0.393 e. The number of para-hydroxylation sites is 1. The molecule has 0 radical (unpaired) electrons. The van der Waals surface area contributed by atoms with Crippen LogP contribution in [0.3, 0.4) is 0 Å². The van der Waals surface area contributed by atoms with Gasteiger partial charge in [0.2, 0.25) is 0 Å². The molecule has 1 unspecified atom stereocenters. The molecule has 4 nitrogen and oxygen atoms in total. The molecular weight excluding hydrogens is 250 g/mol. The van der Waals surface area contributed by atoms with E-state index in [9.17, 15) is 5.11 Å². The van der Waals surface area contributed by atoms with E-state index in [1.165, 1.54) is 5.69 Å². The molecule has 0 saturated carbocycles. The molecule has 1 aromatic heterocycles. The van der Waals surface area contributed by atoms with Crippen LogP contribution >= 0.6 is 0 Å². The summed E-state index contributed by atoms with van der Waals surface area (Å²) in [6, 6.07) is 10.4. The summed E-state index contributed by atoms with van der Waals surface area (Å²) in [5, 5.41) is 14.3. The van der Waals surface area contributed by atoms with Gasteiger partial charge in [0.15, 0.2) is 0 Å². The van der Waals surface area contributed by atoms with Gasteiger partial charge in [-0.2, -0.15) is 0 Å². The number of rotatable bonds is 3. The van der Waals surface area contributed by atoms with E-state index in [2.05, 4.69) is 22.3 Å². The molecule has 2 N–H and O–H groups in total. The fourth-order valence-electron chi connectivity index (χ4n) is 2.75. The van der Waals surface area contributed by atoms with Crippen molar-refractivity contribution < 1.29 is 5.11 Å². The molecule has 1 aromatic carbocycles. The quantitative estimate of drug-likeness (QED) is 0.889. The molecule has 1 saturated heterocycles. The maximum atomic E-state index is 9.73. The summed E-state index contributed by atoms with van der Waals surface area (Å²) >= 11 is 0. The number of nitrogens with zero attached hydrogens (tertiary/aromatic N) is 2. The molecule has 0 spiro atoms. The highest BCUT2D eigenvalue weighted by molar-refractivity contribution is 5.83. The van der Waals surface area contributed by atoms with E-state index in [1.807, 2.05) is 25.1 Å². The monoisotopic (exact) mass is 271 g/mol. The van der Waals surface area contributed by atoms with Gasteiger partial charge in [-0.05, 0) is 19.1 Å². The number of piperazine rings is 1. The van der Waals surface area contributed by atoms with Gasteiger partial charge < -0.3 is 15.3 Å². The Bertz CT molecular complexity index is 591. The Morgan fingerprint density at radius 3 is 2.80 bits per heavy atom. The zero-order valence-corrected chi connectivity index (χ0v) is 11.8. The van der Waals surface area contributed by atoms with Gasteiger partial charge in [-0.15, -0.1) is 0 Å². The molecule has 0 aliphatic carbocycles. The molecule has 1 aliphatic heterocycles. The summed E-state index contributed by atoms with van der Waals surface area (Å²) in [5.74, 6) is 0. The third kappa shape index (κ3) is 2.76. The molecule has 1 atom stereocenters. The van der Waals surface area contributed by atoms with Crippen LogP contribution < -0.4 is 10.2 Å². The zero-order valence-electron chi connectivity index (χ0n) is 11.8. The SMILES string of the molecule is CC(O)Cc1nc2ccccc2cc1N1CCNCC1. The Morgan fingerprint density at radius 2 is 2.05 bits per heavy atom. The Morgan fingerprint density at radius 1 is 1.30 bits per heavy atom. The van der Waals surface area contributed by atoms with Crippen LogP contribution in [0.4, 0.5) is 5.69 Å². The minimum atomic E-state index is -0.370. The molecule has 1 aliphatic rings. The van der Waals surface area contributed by atoms with Crippen molar-refractivity contribution in [3.8, 4) is 0 Å². The van der Waals surface area contributed by atoms with E-state index in [0.29, 0.717) is 6.42 Å². The Balaban J connectivity index is 2.05. The number of aromatic nitrogens is 1. The largest absolute Gasteiger partial charge is 0.393 e. The molecular formula is C16H21N3O. The smallest absolute Gasteiger partial charge is 0.0706 e. The molecule has 0 amide bonds. The number of aliphatic hydroxyl groups is 1. The Labute approximate surface area is 119 Å². The molecule has 106 valence electrons. The lowest BCUT2D eigenvalue weighted by atomic mass is 10.1. The van der Waals surface area contributed by atoms with Crippen molar-refractivity contribution in [2.24, 2.45) is 0 Å². The van der Waals surface area contributed by atoms with Crippen molar-refractivity contribution in [1.82, 2.24) is 10.3 Å². The van der Waals surface area contributed by atoms with E-state index in [-0.39, 0.29) is 6.10 Å². The summed E-state index contributed by atoms with van der Waals surface area (Å²) in [7, 11) is 0. The van der Waals surface area contributed by atoms with Crippen LogP contribution in [0.15, 0.2) is 30.3 Å². The second kappa shape index (κ2) is 5.77. The summed E-state index contributed by atoms with van der Waals surface area (Å²) in [5.41, 5.74) is 3.17. The normalized spacial score (nSPS) is 17.4. The van der Waals surface area contributed by atoms with Gasteiger partial charge in [0.25, 0.3) is 0 Å². The van der Waals surface area contributed by atoms with E-state index in [4.69, 9.17) is 4.98 Å². The second-order valence-electron chi connectivity index (χ2n) is 5.44. The number of anilines is 1. The number of fused-ring (bicyclic) bond motifs is 1. The van der Waals surface area contributed by atoms with Crippen LogP contribution in [0.5, 0.6) is 0 Å². The zero-order chi connectivity index (χ0) is 13.9. The van der Waals surface area contributed by atoms with Crippen LogP contribution in [-0.4, -0.2) is 42.4 Å². The van der Waals surface area contributed by atoms with Crippen molar-refractivity contribution in [3.63, 3.8) is 0 Å². The molecule has 3 rings (SSSR count). The van der Waals surface area contributed by atoms with Crippen molar-refractivity contribution in [1.29, 1.82) is 0 Å². The van der Waals surface area contributed by atoms with E-state index < -0.39 is 0 Å². The Hall–Kier alpha value is -1.65. The number of hydrogen-bond acceptors (Lipinski definition) is 4. The first kappa shape index (κ1) is 13.3. The van der Waals surface area contributed by atoms with Crippen LogP contribution in [0.2, 0.25) is 0 Å². The molecule has 2 aromatic rings. The highest BCUT2D eigenvalue weighted by atomic mass is 16.3. The van der Waals surface area contributed by atoms with E-state index in [0.717, 1.165) is 42.8 Å². The number of nitrogens with one attached hydrogen (secondary N) is 1. The van der Waals surface area contributed by atoms with Crippen molar-refractivity contribution >= 4 is 16.6 Å². The van der Waals surface area contributed by atoms with Gasteiger partial charge in [0.05, 0.1) is 23.0 Å². The van der Waals surface area contributed by atoms with Crippen molar-refractivity contribution in [2.75, 3.05) is 31.1 Å². The minimum absolute atomic E-state index is 0.370. The number of benzene rings is 1. The van der Waals surface area contributed by atoms with Crippen LogP contribution in [0, 0.1) is 0 Å². The summed E-state index contributed by atoms with van der Waals surface area (Å²) < 4.78 is 0. The molecule has 2 heterocycles. The third-order valence-corrected chi connectivity index (χ3v) is 3.73. The molecule has 0 bridgehead atoms. The second-order valence-corrected chi connectivity index (χ2v) is 5.44. The lowest BCUT2D eigenvalue weighted by Gasteiger charge is -2.31. The summed E-state index contributed by atoms with van der Waals surface area (Å²) in [6.45, 7) is 5.81. The average Bonchev–Trinajstić information content (AvgIpc) is 2.47. The predicted molar refractivity (Wildman–Crippen MR) is 82.2 cm³/mol. The lowest BCUT2D eigenvalue weighted by molar-refractivity contribution is 0.194. The lowest BCUT2D eigenvalue weighted by Crippen LogP contribution is -2.44. The first-order chi connectivity index (χ1) is 9.74. The number of aliphatic hydroxyl groups excluding tert-OH is 1. The van der Waals surface area contributed by atoms with Crippen molar-refractivity contribution in [3.05, 3.63) is 36.0 Å². The summed E-state index contributed by atoms with van der Waals surface area (Å²) in [6.07, 6.45) is 0.231. The van der Waals surface area contributed by atoms with Gasteiger partial charge >= 0.3 is 0 Å².